The van der Waals surface area contributed by atoms with Crippen LogP contribution < -0.4 is 10.1 Å². The first-order valence-electron chi connectivity index (χ1n) is 6.67. The lowest BCUT2D eigenvalue weighted by atomic mass is 9.96. The molecule has 2 aromatic rings. The smallest absolute Gasteiger partial charge is 0.127 e. The molecular formula is C16H14BrCl2NO. The van der Waals surface area contributed by atoms with E-state index in [1.807, 2.05) is 37.4 Å². The molecule has 1 atom stereocenters. The number of hydrogen-bond acceptors (Lipinski definition) is 2. The summed E-state index contributed by atoms with van der Waals surface area (Å²) in [6.07, 6.45) is 0.906. The summed E-state index contributed by atoms with van der Waals surface area (Å²) in [5.41, 5.74) is 3.34. The molecule has 2 nitrogen and oxygen atoms in total. The zero-order chi connectivity index (χ0) is 15.0. The number of fused-ring (bicyclic) bond motifs is 1. The van der Waals surface area contributed by atoms with Crippen LogP contribution in [0.3, 0.4) is 0 Å². The van der Waals surface area contributed by atoms with Gasteiger partial charge in [0.15, 0.2) is 0 Å². The van der Waals surface area contributed by atoms with Crippen LogP contribution >= 0.6 is 39.1 Å². The number of rotatable bonds is 3. The van der Waals surface area contributed by atoms with Gasteiger partial charge in [0.25, 0.3) is 0 Å². The minimum Gasteiger partial charge on any atom is -0.493 e. The molecule has 3 rings (SSSR count). The Morgan fingerprint density at radius 1 is 1.24 bits per heavy atom. The molecule has 0 aromatic heterocycles. The van der Waals surface area contributed by atoms with Crippen molar-refractivity contribution in [3.63, 3.8) is 0 Å². The SMILES string of the molecule is CNC(c1ccc(Cl)c(Br)c1)c1cc(Cl)cc2c1OCC2. The van der Waals surface area contributed by atoms with E-state index in [-0.39, 0.29) is 6.04 Å². The van der Waals surface area contributed by atoms with Crippen molar-refractivity contribution in [3.05, 3.63) is 61.5 Å². The second-order valence-corrected chi connectivity index (χ2v) is 6.67. The third-order valence-corrected chi connectivity index (χ3v) is 5.09. The molecule has 110 valence electrons. The van der Waals surface area contributed by atoms with Crippen molar-refractivity contribution in [2.45, 2.75) is 12.5 Å². The summed E-state index contributed by atoms with van der Waals surface area (Å²) in [4.78, 5) is 0. The van der Waals surface area contributed by atoms with Gasteiger partial charge in [-0.15, -0.1) is 0 Å². The molecule has 1 aliphatic rings. The topological polar surface area (TPSA) is 21.3 Å². The third kappa shape index (κ3) is 2.93. The van der Waals surface area contributed by atoms with E-state index < -0.39 is 0 Å². The fourth-order valence-electron chi connectivity index (χ4n) is 2.71. The van der Waals surface area contributed by atoms with E-state index >= 15 is 0 Å². The molecular weight excluding hydrogens is 373 g/mol. The predicted octanol–water partition coefficient (Wildman–Crippen LogP) is 5.00. The van der Waals surface area contributed by atoms with Gasteiger partial charge in [-0.1, -0.05) is 29.3 Å². The Hall–Kier alpha value is -0.740. The van der Waals surface area contributed by atoms with Gasteiger partial charge in [0, 0.05) is 21.5 Å². The Labute approximate surface area is 142 Å². The molecule has 0 aliphatic carbocycles. The predicted molar refractivity (Wildman–Crippen MR) is 90.7 cm³/mol. The summed E-state index contributed by atoms with van der Waals surface area (Å²) in [5.74, 6) is 0.949. The molecule has 21 heavy (non-hydrogen) atoms. The number of ether oxygens (including phenoxy) is 1. The summed E-state index contributed by atoms with van der Waals surface area (Å²) in [5, 5.41) is 4.77. The summed E-state index contributed by atoms with van der Waals surface area (Å²) in [7, 11) is 1.93. The first-order valence-corrected chi connectivity index (χ1v) is 8.22. The molecule has 5 heteroatoms. The normalized spacial score (nSPS) is 14.7. The van der Waals surface area contributed by atoms with Gasteiger partial charge < -0.3 is 10.1 Å². The van der Waals surface area contributed by atoms with Gasteiger partial charge in [-0.2, -0.15) is 0 Å². The molecule has 0 bridgehead atoms. The maximum atomic E-state index is 6.26. The summed E-state index contributed by atoms with van der Waals surface area (Å²) in [6, 6.07) is 9.87. The van der Waals surface area contributed by atoms with Gasteiger partial charge in [-0.05, 0) is 58.4 Å². The average molecular weight is 387 g/mol. The molecule has 0 saturated carbocycles. The zero-order valence-electron chi connectivity index (χ0n) is 11.4. The minimum absolute atomic E-state index is 0.00381. The Morgan fingerprint density at radius 2 is 2.05 bits per heavy atom. The van der Waals surface area contributed by atoms with E-state index in [0.29, 0.717) is 11.6 Å². The van der Waals surface area contributed by atoms with E-state index in [0.717, 1.165) is 32.8 Å². The van der Waals surface area contributed by atoms with Gasteiger partial charge in [0.05, 0.1) is 17.7 Å². The fourth-order valence-corrected chi connectivity index (χ4v) is 3.47. The molecule has 1 N–H and O–H groups in total. The highest BCUT2D eigenvalue weighted by Crippen LogP contribution is 2.39. The van der Waals surface area contributed by atoms with Crippen molar-refractivity contribution < 1.29 is 4.74 Å². The number of halogens is 3. The quantitative estimate of drug-likeness (QED) is 0.801. The maximum Gasteiger partial charge on any atom is 0.127 e. The molecule has 2 aromatic carbocycles. The first-order chi connectivity index (χ1) is 10.1. The van der Waals surface area contributed by atoms with Crippen LogP contribution in [0.1, 0.15) is 22.7 Å². The average Bonchev–Trinajstić information content (AvgIpc) is 2.91. The Bertz CT molecular complexity index is 690. The van der Waals surface area contributed by atoms with E-state index in [1.54, 1.807) is 0 Å². The van der Waals surface area contributed by atoms with Gasteiger partial charge >= 0.3 is 0 Å². The van der Waals surface area contributed by atoms with Crippen LogP contribution in [0, 0.1) is 0 Å². The molecule has 0 spiro atoms. The summed E-state index contributed by atoms with van der Waals surface area (Å²) < 4.78 is 6.68. The number of benzene rings is 2. The highest BCUT2D eigenvalue weighted by molar-refractivity contribution is 9.10. The standard InChI is InChI=1S/C16H14BrCl2NO/c1-20-15(9-2-3-14(19)13(17)7-9)12-8-11(18)6-10-4-5-21-16(10)12/h2-3,6-8,15,20H,4-5H2,1H3. The lowest BCUT2D eigenvalue weighted by molar-refractivity contribution is 0.351. The second kappa shape index (κ2) is 6.17. The number of hydrogen-bond donors (Lipinski definition) is 1. The van der Waals surface area contributed by atoms with E-state index in [2.05, 4.69) is 21.2 Å². The fraction of sp³-hybridized carbons (Fsp3) is 0.250. The van der Waals surface area contributed by atoms with Crippen molar-refractivity contribution in [3.8, 4) is 5.75 Å². The summed E-state index contributed by atoms with van der Waals surface area (Å²) in [6.45, 7) is 0.712. The Morgan fingerprint density at radius 3 is 2.76 bits per heavy atom. The van der Waals surface area contributed by atoms with Crippen LogP contribution in [0.2, 0.25) is 10.0 Å². The van der Waals surface area contributed by atoms with Crippen LogP contribution in [-0.4, -0.2) is 13.7 Å². The minimum atomic E-state index is 0.00381. The number of nitrogens with one attached hydrogen (secondary N) is 1. The van der Waals surface area contributed by atoms with Crippen molar-refractivity contribution in [2.24, 2.45) is 0 Å². The summed E-state index contributed by atoms with van der Waals surface area (Å²) >= 11 is 15.8. The highest BCUT2D eigenvalue weighted by Gasteiger charge is 2.24. The largest absolute Gasteiger partial charge is 0.493 e. The Balaban J connectivity index is 2.10. The molecule has 0 fully saturated rings. The van der Waals surface area contributed by atoms with Crippen LogP contribution in [0.15, 0.2) is 34.8 Å². The second-order valence-electron chi connectivity index (χ2n) is 4.98. The lowest BCUT2D eigenvalue weighted by Gasteiger charge is -2.20. The zero-order valence-corrected chi connectivity index (χ0v) is 14.5. The van der Waals surface area contributed by atoms with Crippen LogP contribution in [0.5, 0.6) is 5.75 Å². The van der Waals surface area contributed by atoms with Crippen LogP contribution in [-0.2, 0) is 6.42 Å². The molecule has 1 aliphatic heterocycles. The Kier molecular flexibility index (Phi) is 4.46. The van der Waals surface area contributed by atoms with E-state index in [4.69, 9.17) is 27.9 Å². The van der Waals surface area contributed by atoms with Gasteiger partial charge in [0.1, 0.15) is 5.75 Å². The highest BCUT2D eigenvalue weighted by atomic mass is 79.9. The molecule has 0 amide bonds. The van der Waals surface area contributed by atoms with E-state index in [9.17, 15) is 0 Å². The van der Waals surface area contributed by atoms with E-state index in [1.165, 1.54) is 5.56 Å². The van der Waals surface area contributed by atoms with Gasteiger partial charge in [-0.25, -0.2) is 0 Å². The maximum absolute atomic E-state index is 6.26. The lowest BCUT2D eigenvalue weighted by Crippen LogP contribution is -2.18. The van der Waals surface area contributed by atoms with Crippen molar-refractivity contribution in [1.29, 1.82) is 0 Å². The van der Waals surface area contributed by atoms with Crippen molar-refractivity contribution in [1.82, 2.24) is 5.32 Å². The van der Waals surface area contributed by atoms with Crippen LogP contribution in [0.25, 0.3) is 0 Å². The third-order valence-electron chi connectivity index (χ3n) is 3.65. The van der Waals surface area contributed by atoms with Crippen molar-refractivity contribution >= 4 is 39.1 Å². The van der Waals surface area contributed by atoms with Crippen LogP contribution in [0.4, 0.5) is 0 Å². The van der Waals surface area contributed by atoms with Gasteiger partial charge in [0.2, 0.25) is 0 Å². The molecule has 0 saturated heterocycles. The molecule has 1 unspecified atom stereocenters. The molecule has 1 heterocycles. The van der Waals surface area contributed by atoms with Crippen molar-refractivity contribution in [2.75, 3.05) is 13.7 Å². The molecule has 0 radical (unpaired) electrons. The van der Waals surface area contributed by atoms with Gasteiger partial charge in [-0.3, -0.25) is 0 Å². The first kappa shape index (κ1) is 15.2. The monoisotopic (exact) mass is 385 g/mol.